The quantitative estimate of drug-likeness (QED) is 0.843. The highest BCUT2D eigenvalue weighted by atomic mass is 16.2. The van der Waals surface area contributed by atoms with Crippen molar-refractivity contribution in [3.05, 3.63) is 65.2 Å². The zero-order valence-electron chi connectivity index (χ0n) is 14.4. The summed E-state index contributed by atoms with van der Waals surface area (Å²) in [7, 11) is 0. The molecule has 126 valence electrons. The average Bonchev–Trinajstić information content (AvgIpc) is 2.57. The summed E-state index contributed by atoms with van der Waals surface area (Å²) in [6.07, 6.45) is 0.940. The van der Waals surface area contributed by atoms with E-state index in [-0.39, 0.29) is 11.8 Å². The zero-order valence-corrected chi connectivity index (χ0v) is 14.4. The number of hydrogen-bond acceptors (Lipinski definition) is 2. The molecular formula is C20H24N2O2. The van der Waals surface area contributed by atoms with Gasteiger partial charge in [-0.25, -0.2) is 0 Å². The molecule has 0 aliphatic heterocycles. The largest absolute Gasteiger partial charge is 0.352 e. The number of rotatable bonds is 6. The van der Waals surface area contributed by atoms with Crippen LogP contribution in [-0.2, 0) is 0 Å². The van der Waals surface area contributed by atoms with Crippen LogP contribution in [0.2, 0.25) is 0 Å². The fourth-order valence-electron chi connectivity index (χ4n) is 2.26. The summed E-state index contributed by atoms with van der Waals surface area (Å²) in [4.78, 5) is 24.5. The molecular weight excluding hydrogens is 300 g/mol. The van der Waals surface area contributed by atoms with E-state index in [0.29, 0.717) is 29.3 Å². The van der Waals surface area contributed by atoms with Crippen molar-refractivity contribution in [3.63, 3.8) is 0 Å². The van der Waals surface area contributed by atoms with Crippen molar-refractivity contribution in [1.29, 1.82) is 0 Å². The van der Waals surface area contributed by atoms with Gasteiger partial charge in [-0.15, -0.1) is 0 Å². The normalized spacial score (nSPS) is 10.5. The van der Waals surface area contributed by atoms with E-state index in [1.807, 2.05) is 31.2 Å². The van der Waals surface area contributed by atoms with E-state index in [2.05, 4.69) is 24.5 Å². The Bertz CT molecular complexity index is 709. The molecule has 2 amide bonds. The maximum absolute atomic E-state index is 12.3. The molecule has 0 saturated heterocycles. The van der Waals surface area contributed by atoms with Crippen molar-refractivity contribution >= 4 is 17.5 Å². The Balaban J connectivity index is 2.08. The molecule has 2 aromatic carbocycles. The van der Waals surface area contributed by atoms with Crippen LogP contribution in [0, 0.1) is 12.8 Å². The van der Waals surface area contributed by atoms with Crippen molar-refractivity contribution in [2.45, 2.75) is 27.2 Å². The van der Waals surface area contributed by atoms with E-state index in [4.69, 9.17) is 0 Å². The van der Waals surface area contributed by atoms with Crippen molar-refractivity contribution in [3.8, 4) is 0 Å². The second kappa shape index (κ2) is 8.29. The Morgan fingerprint density at radius 1 is 0.958 bits per heavy atom. The number of nitrogens with one attached hydrogen (secondary N) is 2. The van der Waals surface area contributed by atoms with Crippen LogP contribution in [0.1, 0.15) is 46.5 Å². The van der Waals surface area contributed by atoms with Crippen LogP contribution in [0.4, 0.5) is 5.69 Å². The number of carbonyl (C=O) groups is 2. The third-order valence-electron chi connectivity index (χ3n) is 3.79. The monoisotopic (exact) mass is 324 g/mol. The number of anilines is 1. The first-order valence-corrected chi connectivity index (χ1v) is 8.22. The maximum Gasteiger partial charge on any atom is 0.255 e. The molecule has 0 unspecified atom stereocenters. The summed E-state index contributed by atoms with van der Waals surface area (Å²) in [6.45, 7) is 6.79. The number of hydrogen-bond donors (Lipinski definition) is 2. The summed E-state index contributed by atoms with van der Waals surface area (Å²) < 4.78 is 0. The predicted molar refractivity (Wildman–Crippen MR) is 97.4 cm³/mol. The molecule has 0 bridgehead atoms. The molecule has 0 radical (unpaired) electrons. The van der Waals surface area contributed by atoms with E-state index < -0.39 is 0 Å². The first-order chi connectivity index (χ1) is 11.5. The molecule has 2 aromatic rings. The minimum Gasteiger partial charge on any atom is -0.352 e. The topological polar surface area (TPSA) is 58.2 Å². The summed E-state index contributed by atoms with van der Waals surface area (Å²) in [5.41, 5.74) is 2.70. The molecule has 0 atom stereocenters. The summed E-state index contributed by atoms with van der Waals surface area (Å²) in [5.74, 6) is 0.242. The molecule has 2 N–H and O–H groups in total. The third kappa shape index (κ3) is 4.95. The zero-order chi connectivity index (χ0) is 17.5. The Labute approximate surface area is 143 Å². The van der Waals surface area contributed by atoms with Crippen LogP contribution >= 0.6 is 0 Å². The maximum atomic E-state index is 12.3. The molecule has 0 aliphatic rings. The minimum absolute atomic E-state index is 0.120. The van der Waals surface area contributed by atoms with E-state index in [0.717, 1.165) is 12.0 Å². The van der Waals surface area contributed by atoms with Crippen molar-refractivity contribution in [2.75, 3.05) is 11.9 Å². The van der Waals surface area contributed by atoms with Gasteiger partial charge in [0, 0.05) is 23.4 Å². The first-order valence-electron chi connectivity index (χ1n) is 8.22. The summed E-state index contributed by atoms with van der Waals surface area (Å²) >= 11 is 0. The Hall–Kier alpha value is -2.62. The second-order valence-electron chi connectivity index (χ2n) is 6.29. The van der Waals surface area contributed by atoms with Crippen LogP contribution in [0.3, 0.4) is 0 Å². The minimum atomic E-state index is -0.184. The Kier molecular flexibility index (Phi) is 6.13. The summed E-state index contributed by atoms with van der Waals surface area (Å²) in [6, 6.07) is 14.4. The third-order valence-corrected chi connectivity index (χ3v) is 3.79. The summed E-state index contributed by atoms with van der Waals surface area (Å²) in [5, 5.41) is 5.79. The Morgan fingerprint density at radius 2 is 1.67 bits per heavy atom. The molecule has 4 heteroatoms. The number of aryl methyl sites for hydroxylation is 1. The van der Waals surface area contributed by atoms with Gasteiger partial charge in [-0.2, -0.15) is 0 Å². The molecule has 0 saturated carbocycles. The predicted octanol–water partition coefficient (Wildman–Crippen LogP) is 4.02. The standard InChI is InChI=1S/C20H24N2O2/c1-14(2)11-12-21-19(23)17-10-9-15(3)18(13-17)22-20(24)16-7-5-4-6-8-16/h4-10,13-14H,11-12H2,1-3H3,(H,21,23)(H,22,24). The van der Waals surface area contributed by atoms with E-state index in [1.54, 1.807) is 24.3 Å². The van der Waals surface area contributed by atoms with Crippen molar-refractivity contribution in [2.24, 2.45) is 5.92 Å². The Morgan fingerprint density at radius 3 is 2.33 bits per heavy atom. The lowest BCUT2D eigenvalue weighted by Crippen LogP contribution is -2.25. The van der Waals surface area contributed by atoms with E-state index >= 15 is 0 Å². The SMILES string of the molecule is Cc1ccc(C(=O)NCCC(C)C)cc1NC(=O)c1ccccc1. The molecule has 0 heterocycles. The first kappa shape index (κ1) is 17.7. The van der Waals surface area contributed by atoms with Gasteiger partial charge in [-0.1, -0.05) is 38.1 Å². The lowest BCUT2D eigenvalue weighted by atomic mass is 10.1. The van der Waals surface area contributed by atoms with Gasteiger partial charge < -0.3 is 10.6 Å². The van der Waals surface area contributed by atoms with Crippen LogP contribution in [0.5, 0.6) is 0 Å². The highest BCUT2D eigenvalue weighted by Crippen LogP contribution is 2.18. The van der Waals surface area contributed by atoms with Crippen molar-refractivity contribution < 1.29 is 9.59 Å². The number of benzene rings is 2. The molecule has 0 fully saturated rings. The van der Waals surface area contributed by atoms with Crippen molar-refractivity contribution in [1.82, 2.24) is 5.32 Å². The molecule has 0 aromatic heterocycles. The number of amides is 2. The van der Waals surface area contributed by atoms with Gasteiger partial charge >= 0.3 is 0 Å². The van der Waals surface area contributed by atoms with Crippen LogP contribution in [0.15, 0.2) is 48.5 Å². The fraction of sp³-hybridized carbons (Fsp3) is 0.300. The van der Waals surface area contributed by atoms with E-state index in [9.17, 15) is 9.59 Å². The van der Waals surface area contributed by atoms with Gasteiger partial charge in [0.2, 0.25) is 0 Å². The second-order valence-corrected chi connectivity index (χ2v) is 6.29. The highest BCUT2D eigenvalue weighted by molar-refractivity contribution is 6.05. The van der Waals surface area contributed by atoms with Gasteiger partial charge in [0.15, 0.2) is 0 Å². The van der Waals surface area contributed by atoms with Gasteiger partial charge in [0.1, 0.15) is 0 Å². The molecule has 24 heavy (non-hydrogen) atoms. The van der Waals surface area contributed by atoms with Crippen LogP contribution < -0.4 is 10.6 Å². The van der Waals surface area contributed by atoms with Gasteiger partial charge in [0.25, 0.3) is 11.8 Å². The van der Waals surface area contributed by atoms with E-state index in [1.165, 1.54) is 0 Å². The lowest BCUT2D eigenvalue weighted by Gasteiger charge is -2.12. The van der Waals surface area contributed by atoms with Crippen LogP contribution in [-0.4, -0.2) is 18.4 Å². The lowest BCUT2D eigenvalue weighted by molar-refractivity contribution is 0.0950. The van der Waals surface area contributed by atoms with Crippen LogP contribution in [0.25, 0.3) is 0 Å². The smallest absolute Gasteiger partial charge is 0.255 e. The molecule has 0 spiro atoms. The van der Waals surface area contributed by atoms with Gasteiger partial charge in [-0.05, 0) is 49.1 Å². The molecule has 2 rings (SSSR count). The fourth-order valence-corrected chi connectivity index (χ4v) is 2.26. The number of carbonyl (C=O) groups excluding carboxylic acids is 2. The van der Waals surface area contributed by atoms with Gasteiger partial charge in [-0.3, -0.25) is 9.59 Å². The molecule has 4 nitrogen and oxygen atoms in total. The highest BCUT2D eigenvalue weighted by Gasteiger charge is 2.11. The average molecular weight is 324 g/mol. The molecule has 0 aliphatic carbocycles. The van der Waals surface area contributed by atoms with Gasteiger partial charge in [0.05, 0.1) is 0 Å².